The van der Waals surface area contributed by atoms with Gasteiger partial charge in [-0.1, -0.05) is 13.3 Å². The van der Waals surface area contributed by atoms with Gasteiger partial charge in [-0.05, 0) is 6.42 Å². The van der Waals surface area contributed by atoms with Crippen LogP contribution in [0.5, 0.6) is 0 Å². The van der Waals surface area contributed by atoms with Gasteiger partial charge in [-0.15, -0.1) is 0 Å². The minimum Gasteiger partial charge on any atom is -0.165 e. The Morgan fingerprint density at radius 2 is 1.44 bits per heavy atom. The molecule has 0 fully saturated rings. The van der Waals surface area contributed by atoms with Gasteiger partial charge < -0.3 is 0 Å². The molecule has 0 saturated heterocycles. The Morgan fingerprint density at radius 1 is 0.938 bits per heavy atom. The van der Waals surface area contributed by atoms with Gasteiger partial charge in [-0.25, -0.2) is 0 Å². The zero-order valence-corrected chi connectivity index (χ0v) is 12.1. The zero-order valence-electron chi connectivity index (χ0n) is 8.00. The Labute approximate surface area is 113 Å². The van der Waals surface area contributed by atoms with E-state index in [0.717, 1.165) is 0 Å². The molecule has 0 aromatic carbocycles. The molecule has 0 aliphatic rings. The molecule has 0 amide bonds. The lowest BCUT2D eigenvalue weighted by Gasteiger charge is -2.33. The van der Waals surface area contributed by atoms with Gasteiger partial charge in [0.15, 0.2) is 4.08 Å². The lowest BCUT2D eigenvalue weighted by atomic mass is 10.2. The van der Waals surface area contributed by atoms with Crippen LogP contribution in [0.3, 0.4) is 0 Å². The van der Waals surface area contributed by atoms with Crippen molar-refractivity contribution >= 4 is 60.7 Å². The fourth-order valence-corrected chi connectivity index (χ4v) is 4.47. The number of halogens is 5. The summed E-state index contributed by atoms with van der Waals surface area (Å²) in [6.45, 7) is 1.69. The quantitative estimate of drug-likeness (QED) is 0.358. The van der Waals surface area contributed by atoms with Crippen molar-refractivity contribution in [3.63, 3.8) is 0 Å². The predicted molar refractivity (Wildman–Crippen MR) is 68.7 cm³/mol. The first kappa shape index (κ1) is 17.4. The first-order valence-electron chi connectivity index (χ1n) is 4.08. The van der Waals surface area contributed by atoms with E-state index in [1.54, 1.807) is 6.92 Å². The molecule has 0 bridgehead atoms. The summed E-state index contributed by atoms with van der Waals surface area (Å²) < 4.78 is 59.4. The molecule has 0 N–H and O–H groups in total. The summed E-state index contributed by atoms with van der Waals surface area (Å²) in [5.74, 6) is 0. The Morgan fingerprint density at radius 3 is 1.69 bits per heavy atom. The van der Waals surface area contributed by atoms with Crippen molar-refractivity contribution < 1.29 is 19.4 Å². The summed E-state index contributed by atoms with van der Waals surface area (Å²) in [6.07, 6.45) is 0.595. The first-order chi connectivity index (χ1) is 7.66. The van der Waals surface area contributed by atoms with Gasteiger partial charge in [0.25, 0.3) is 0 Å². The van der Waals surface area contributed by atoms with E-state index in [1.165, 1.54) is 0 Å². The van der Waals surface area contributed by atoms with Gasteiger partial charge in [0.05, 0.1) is 66.0 Å². The summed E-state index contributed by atoms with van der Waals surface area (Å²) >= 11 is -2.40. The summed E-state index contributed by atoms with van der Waals surface area (Å²) in [5, 5.41) is -1.15. The number of hydrogen-bond donors (Lipinski definition) is 0. The Kier molecular flexibility index (Phi) is 10.2. The molecule has 0 aromatic rings. The number of hydrogen-bond acceptors (Lipinski definition) is 5. The van der Waals surface area contributed by atoms with Crippen LogP contribution >= 0.6 is 60.7 Å². The Balaban J connectivity index is 5.01. The molecule has 0 radical (unpaired) electrons. The fourth-order valence-electron chi connectivity index (χ4n) is 1.04. The van der Waals surface area contributed by atoms with Crippen molar-refractivity contribution in [1.29, 1.82) is 0 Å². The summed E-state index contributed by atoms with van der Waals surface area (Å²) in [7, 11) is 0. The van der Waals surface area contributed by atoms with E-state index < -0.39 is 62.5 Å². The van der Waals surface area contributed by atoms with Crippen LogP contribution in [-0.4, -0.2) is 13.9 Å². The molecule has 0 aliphatic heterocycles. The molecule has 0 heterocycles. The molecule has 1 unspecified atom stereocenters. The average molecular weight is 336 g/mol. The third kappa shape index (κ3) is 3.96. The van der Waals surface area contributed by atoms with Crippen molar-refractivity contribution in [2.24, 2.45) is 0 Å². The highest BCUT2D eigenvalue weighted by Crippen LogP contribution is 2.57. The topological polar surface area (TPSA) is 0 Å². The molecule has 0 spiro atoms. The third-order valence-corrected chi connectivity index (χ3v) is 6.96. The van der Waals surface area contributed by atoms with Crippen molar-refractivity contribution in [1.82, 2.24) is 0 Å². The monoisotopic (exact) mass is 336 g/mol. The summed E-state index contributed by atoms with van der Waals surface area (Å²) in [4.78, 5) is 0. The molecule has 16 heavy (non-hydrogen) atoms. The van der Waals surface area contributed by atoms with Crippen LogP contribution < -0.4 is 0 Å². The summed E-state index contributed by atoms with van der Waals surface area (Å²) in [6, 6.07) is 0. The Hall–Kier alpha value is 1.40. The molecule has 1 atom stereocenters. The van der Waals surface area contributed by atoms with Crippen LogP contribution in [0.15, 0.2) is 0 Å². The van der Waals surface area contributed by atoms with E-state index in [4.69, 9.17) is 0 Å². The maximum Gasteiger partial charge on any atom is 0.164 e. The van der Waals surface area contributed by atoms with E-state index >= 15 is 0 Å². The van der Waals surface area contributed by atoms with Crippen LogP contribution in [0.25, 0.3) is 0 Å². The summed E-state index contributed by atoms with van der Waals surface area (Å²) in [5.41, 5.74) is 0. The average Bonchev–Trinajstić information content (AvgIpc) is 2.33. The van der Waals surface area contributed by atoms with Crippen molar-refractivity contribution in [3.8, 4) is 0 Å². The SMILES string of the molecule is CCCC(SF)C(SF)(SF)C(SF)SF. The van der Waals surface area contributed by atoms with E-state index in [9.17, 15) is 19.4 Å². The van der Waals surface area contributed by atoms with Gasteiger partial charge >= 0.3 is 0 Å². The van der Waals surface area contributed by atoms with E-state index in [-0.39, 0.29) is 18.6 Å². The second-order valence-corrected chi connectivity index (χ2v) is 7.02. The van der Waals surface area contributed by atoms with Crippen LogP contribution in [-0.2, 0) is 0 Å². The van der Waals surface area contributed by atoms with Gasteiger partial charge in [-0.2, -0.15) is 19.4 Å². The third-order valence-electron chi connectivity index (χ3n) is 1.84. The molecule has 0 nitrogen and oxygen atoms in total. The molecular formula is C6H9F5S5. The van der Waals surface area contributed by atoms with Crippen molar-refractivity contribution in [3.05, 3.63) is 0 Å². The van der Waals surface area contributed by atoms with Gasteiger partial charge in [0, 0.05) is 0 Å². The molecule has 0 aliphatic carbocycles. The standard InChI is InChI=1S/C6H9F5S5/c1-2-3-4(12-7)6(15-10,16-11)5(13-8)14-9/h4-5H,2-3H2,1H3. The second-order valence-electron chi connectivity index (χ2n) is 2.75. The Bertz CT molecular complexity index is 177. The van der Waals surface area contributed by atoms with Crippen molar-refractivity contribution in [2.75, 3.05) is 0 Å². The van der Waals surface area contributed by atoms with E-state index in [1.807, 2.05) is 0 Å². The lowest BCUT2D eigenvalue weighted by molar-refractivity contribution is 0.653. The lowest BCUT2D eigenvalue weighted by Crippen LogP contribution is -2.39. The number of rotatable bonds is 9. The molecule has 98 valence electrons. The van der Waals surface area contributed by atoms with Gasteiger partial charge in [0.1, 0.15) is 4.58 Å². The van der Waals surface area contributed by atoms with E-state index in [0.29, 0.717) is 6.42 Å². The van der Waals surface area contributed by atoms with Crippen LogP contribution in [0.2, 0.25) is 0 Å². The molecule has 10 heteroatoms. The minimum atomic E-state index is -2.12. The smallest absolute Gasteiger partial charge is 0.164 e. The second kappa shape index (κ2) is 9.35. The fraction of sp³-hybridized carbons (Fsp3) is 1.00. The largest absolute Gasteiger partial charge is 0.165 e. The maximum atomic E-state index is 12.8. The highest BCUT2D eigenvalue weighted by atomic mass is 32.3. The van der Waals surface area contributed by atoms with Crippen LogP contribution in [0.4, 0.5) is 19.4 Å². The predicted octanol–water partition coefficient (Wildman–Crippen LogP) is 6.27. The molecule has 0 rings (SSSR count). The molecule has 0 aromatic heterocycles. The van der Waals surface area contributed by atoms with E-state index in [2.05, 4.69) is 0 Å². The molecular weight excluding hydrogens is 327 g/mol. The van der Waals surface area contributed by atoms with Crippen LogP contribution in [0, 0.1) is 0 Å². The van der Waals surface area contributed by atoms with Gasteiger partial charge in [-0.3, -0.25) is 0 Å². The highest BCUT2D eigenvalue weighted by Gasteiger charge is 2.52. The van der Waals surface area contributed by atoms with Crippen LogP contribution in [0.1, 0.15) is 19.8 Å². The highest BCUT2D eigenvalue weighted by molar-refractivity contribution is 8.20. The molecule has 0 saturated carbocycles. The minimum absolute atomic E-state index is 0.132. The maximum absolute atomic E-state index is 12.8. The zero-order chi connectivity index (χ0) is 12.6. The van der Waals surface area contributed by atoms with Gasteiger partial charge in [0.2, 0.25) is 0 Å². The first-order valence-corrected chi connectivity index (χ1v) is 7.85. The van der Waals surface area contributed by atoms with Crippen molar-refractivity contribution in [2.45, 2.75) is 33.7 Å². The normalized spacial score (nSPS) is 14.4.